The molecule has 0 radical (unpaired) electrons. The van der Waals surface area contributed by atoms with E-state index in [-0.39, 0.29) is 0 Å². The maximum atomic E-state index is 6.81. The van der Waals surface area contributed by atoms with Gasteiger partial charge in [0.25, 0.3) is 0 Å². The van der Waals surface area contributed by atoms with Gasteiger partial charge in [0, 0.05) is 12.4 Å². The van der Waals surface area contributed by atoms with E-state index in [1.54, 1.807) is 18.5 Å². The standard InChI is InChI=1S/C7H7N.BrHO/c1-2-7-3-5-8-6-4-7;1-2/h2-6H,1H2;2H. The molecule has 0 atom stereocenters. The summed E-state index contributed by atoms with van der Waals surface area (Å²) in [5.41, 5.74) is 1.11. The van der Waals surface area contributed by atoms with E-state index in [4.69, 9.17) is 4.20 Å². The molecule has 0 saturated carbocycles. The van der Waals surface area contributed by atoms with Crippen molar-refractivity contribution in [1.29, 1.82) is 0 Å². The molecule has 0 spiro atoms. The Labute approximate surface area is 68.7 Å². The largest absolute Gasteiger partial charge is 0.324 e. The van der Waals surface area contributed by atoms with Crippen LogP contribution in [-0.4, -0.2) is 9.18 Å². The average Bonchev–Trinajstić information content (AvgIpc) is 2.10. The van der Waals surface area contributed by atoms with Gasteiger partial charge in [-0.05, 0) is 17.7 Å². The van der Waals surface area contributed by atoms with Crippen molar-refractivity contribution in [2.75, 3.05) is 0 Å². The van der Waals surface area contributed by atoms with Crippen LogP contribution >= 0.6 is 16.3 Å². The summed E-state index contributed by atoms with van der Waals surface area (Å²) in [6.07, 6.45) is 5.29. The Morgan fingerprint density at radius 3 is 2.20 bits per heavy atom. The Balaban J connectivity index is 0.000000371. The average molecular weight is 202 g/mol. The van der Waals surface area contributed by atoms with E-state index in [1.165, 1.54) is 0 Å². The molecule has 0 aromatic carbocycles. The van der Waals surface area contributed by atoms with Gasteiger partial charge in [-0.1, -0.05) is 12.7 Å². The molecule has 0 aliphatic heterocycles. The van der Waals surface area contributed by atoms with Gasteiger partial charge in [-0.2, -0.15) is 0 Å². The molecule has 0 aliphatic carbocycles. The summed E-state index contributed by atoms with van der Waals surface area (Å²) in [7, 11) is 0. The van der Waals surface area contributed by atoms with Gasteiger partial charge in [0.15, 0.2) is 0 Å². The molecule has 0 unspecified atom stereocenters. The summed E-state index contributed by atoms with van der Waals surface area (Å²) in [6, 6.07) is 3.82. The first-order valence-corrected chi connectivity index (χ1v) is 3.34. The second-order valence-electron chi connectivity index (χ2n) is 1.48. The van der Waals surface area contributed by atoms with E-state index in [2.05, 4.69) is 11.6 Å². The minimum atomic E-state index is 1.11. The summed E-state index contributed by atoms with van der Waals surface area (Å²) < 4.78 is 6.81. The van der Waals surface area contributed by atoms with Crippen molar-refractivity contribution in [2.24, 2.45) is 0 Å². The fourth-order valence-electron chi connectivity index (χ4n) is 0.500. The first-order valence-electron chi connectivity index (χ1n) is 2.63. The van der Waals surface area contributed by atoms with Gasteiger partial charge in [0.05, 0.1) is 16.3 Å². The molecule has 10 heavy (non-hydrogen) atoms. The summed E-state index contributed by atoms with van der Waals surface area (Å²) in [4.78, 5) is 3.85. The van der Waals surface area contributed by atoms with E-state index in [9.17, 15) is 0 Å². The maximum Gasteiger partial charge on any atom is 0.0957 e. The third-order valence-electron chi connectivity index (χ3n) is 0.942. The first-order chi connectivity index (χ1) is 4.93. The molecule has 54 valence electrons. The fourth-order valence-corrected chi connectivity index (χ4v) is 0.500. The highest BCUT2D eigenvalue weighted by molar-refractivity contribution is 9.05. The number of halogens is 1. The van der Waals surface area contributed by atoms with Crippen molar-refractivity contribution in [1.82, 2.24) is 4.98 Å². The Hall–Kier alpha value is -0.670. The highest BCUT2D eigenvalue weighted by Gasteiger charge is 1.76. The smallest absolute Gasteiger partial charge is 0.0957 e. The molecule has 1 aromatic rings. The zero-order valence-corrected chi connectivity index (χ0v) is 6.95. The van der Waals surface area contributed by atoms with Crippen LogP contribution in [0, 0.1) is 0 Å². The van der Waals surface area contributed by atoms with E-state index < -0.39 is 0 Å². The number of nitrogens with zero attached hydrogens (tertiary/aromatic N) is 1. The quantitative estimate of drug-likeness (QED) is 0.755. The van der Waals surface area contributed by atoms with Crippen molar-refractivity contribution in [3.63, 3.8) is 0 Å². The van der Waals surface area contributed by atoms with Crippen LogP contribution < -0.4 is 0 Å². The zero-order valence-electron chi connectivity index (χ0n) is 5.37. The zero-order chi connectivity index (χ0) is 7.82. The highest BCUT2D eigenvalue weighted by atomic mass is 79.9. The lowest BCUT2D eigenvalue weighted by atomic mass is 10.3. The van der Waals surface area contributed by atoms with Crippen molar-refractivity contribution in [3.8, 4) is 0 Å². The van der Waals surface area contributed by atoms with Crippen LogP contribution in [0.15, 0.2) is 31.1 Å². The lowest BCUT2D eigenvalue weighted by Gasteiger charge is -1.84. The molecule has 1 N–H and O–H groups in total. The fraction of sp³-hybridized carbons (Fsp3) is 0. The van der Waals surface area contributed by atoms with Crippen LogP contribution in [-0.2, 0) is 0 Å². The highest BCUT2D eigenvalue weighted by Crippen LogP contribution is 1.94. The molecule has 0 amide bonds. The number of hydrogen-bond donors (Lipinski definition) is 1. The topological polar surface area (TPSA) is 33.1 Å². The minimum Gasteiger partial charge on any atom is -0.324 e. The molecular weight excluding hydrogens is 194 g/mol. The molecule has 0 fully saturated rings. The van der Waals surface area contributed by atoms with Gasteiger partial charge in [0.2, 0.25) is 0 Å². The molecule has 1 heterocycles. The van der Waals surface area contributed by atoms with Crippen molar-refractivity contribution >= 4 is 22.3 Å². The second kappa shape index (κ2) is 6.45. The van der Waals surface area contributed by atoms with Crippen LogP contribution in [0.1, 0.15) is 5.56 Å². The van der Waals surface area contributed by atoms with Crippen LogP contribution in [0.25, 0.3) is 6.08 Å². The molecule has 1 rings (SSSR count). The SMILES string of the molecule is C=Cc1ccncc1.OBr. The third-order valence-corrected chi connectivity index (χ3v) is 0.942. The third kappa shape index (κ3) is 3.37. The Bertz CT molecular complexity index is 176. The molecule has 2 nitrogen and oxygen atoms in total. The van der Waals surface area contributed by atoms with Gasteiger partial charge in [-0.3, -0.25) is 4.98 Å². The number of pyridine rings is 1. The predicted octanol–water partition coefficient (Wildman–Crippen LogP) is 2.01. The van der Waals surface area contributed by atoms with E-state index in [1.807, 2.05) is 28.4 Å². The molecule has 0 aliphatic rings. The molecule has 0 bridgehead atoms. The summed E-state index contributed by atoms with van der Waals surface area (Å²) >= 11 is 1.94. The predicted molar refractivity (Wildman–Crippen MR) is 45.5 cm³/mol. The summed E-state index contributed by atoms with van der Waals surface area (Å²) in [5, 5.41) is 0. The van der Waals surface area contributed by atoms with Gasteiger partial charge in [-0.25, -0.2) is 0 Å². The maximum absolute atomic E-state index is 6.81. The van der Waals surface area contributed by atoms with Crippen molar-refractivity contribution in [2.45, 2.75) is 0 Å². The lowest BCUT2D eigenvalue weighted by Crippen LogP contribution is -1.69. The number of rotatable bonds is 1. The normalized spacial score (nSPS) is 7.40. The van der Waals surface area contributed by atoms with Crippen LogP contribution in [0.4, 0.5) is 0 Å². The van der Waals surface area contributed by atoms with E-state index in [0.717, 1.165) is 5.56 Å². The Kier molecular flexibility index (Phi) is 6.02. The number of aromatic nitrogens is 1. The van der Waals surface area contributed by atoms with Gasteiger partial charge >= 0.3 is 0 Å². The monoisotopic (exact) mass is 201 g/mol. The lowest BCUT2D eigenvalue weighted by molar-refractivity contribution is 0.702. The van der Waals surface area contributed by atoms with Crippen molar-refractivity contribution < 1.29 is 4.20 Å². The molecule has 3 heteroatoms. The van der Waals surface area contributed by atoms with Gasteiger partial charge in [-0.15, -0.1) is 0 Å². The Morgan fingerprint density at radius 1 is 1.40 bits per heavy atom. The van der Waals surface area contributed by atoms with Gasteiger partial charge in [0.1, 0.15) is 0 Å². The summed E-state index contributed by atoms with van der Waals surface area (Å²) in [5.74, 6) is 0. The molecule has 1 aromatic heterocycles. The minimum absolute atomic E-state index is 1.11. The van der Waals surface area contributed by atoms with Crippen molar-refractivity contribution in [3.05, 3.63) is 36.7 Å². The first kappa shape index (κ1) is 9.33. The Morgan fingerprint density at radius 2 is 1.90 bits per heavy atom. The molecule has 0 saturated heterocycles. The second-order valence-corrected chi connectivity index (χ2v) is 1.48. The van der Waals surface area contributed by atoms with Gasteiger partial charge < -0.3 is 4.20 Å². The van der Waals surface area contributed by atoms with E-state index in [0.29, 0.717) is 0 Å². The number of hydrogen-bond acceptors (Lipinski definition) is 2. The van der Waals surface area contributed by atoms with Crippen LogP contribution in [0.3, 0.4) is 0 Å². The van der Waals surface area contributed by atoms with E-state index >= 15 is 0 Å². The van der Waals surface area contributed by atoms with Crippen LogP contribution in [0.2, 0.25) is 0 Å². The van der Waals surface area contributed by atoms with Crippen LogP contribution in [0.5, 0.6) is 0 Å². The summed E-state index contributed by atoms with van der Waals surface area (Å²) in [6.45, 7) is 3.60. The molecular formula is C7H8BrNO.